The minimum Gasteiger partial charge on any atom is -0.352 e. The summed E-state index contributed by atoms with van der Waals surface area (Å²) in [5.74, 6) is 0.906. The summed E-state index contributed by atoms with van der Waals surface area (Å²) in [7, 11) is 0. The van der Waals surface area contributed by atoms with Gasteiger partial charge in [-0.05, 0) is 58.0 Å². The molecule has 1 aromatic carbocycles. The highest BCUT2D eigenvalue weighted by molar-refractivity contribution is 6.31. The zero-order chi connectivity index (χ0) is 22.2. The number of fused-ring (bicyclic) bond motifs is 1. The average molecular weight is 454 g/mol. The number of hydrogen-bond donors (Lipinski definition) is 3. The van der Waals surface area contributed by atoms with E-state index >= 15 is 0 Å². The highest BCUT2D eigenvalue weighted by Gasteiger charge is 2.33. The number of rotatable bonds is 5. The molecule has 1 saturated heterocycles. The van der Waals surface area contributed by atoms with Crippen LogP contribution in [0.2, 0.25) is 5.02 Å². The second kappa shape index (κ2) is 8.51. The SMILES string of the molecule is CC(C)Nc1ncc2nc(Nc3ccc(Cl)c(C(F)(F)F)c3)n(C3CCNCC3)c2n1. The predicted octanol–water partition coefficient (Wildman–Crippen LogP) is 4.99. The molecule has 1 aliphatic rings. The first kappa shape index (κ1) is 21.6. The van der Waals surface area contributed by atoms with Gasteiger partial charge in [0.15, 0.2) is 5.65 Å². The Hall–Kier alpha value is -2.59. The van der Waals surface area contributed by atoms with Gasteiger partial charge in [-0.2, -0.15) is 18.2 Å². The van der Waals surface area contributed by atoms with Gasteiger partial charge in [-0.25, -0.2) is 9.97 Å². The number of aromatic nitrogens is 4. The Kier molecular flexibility index (Phi) is 5.94. The third-order valence-electron chi connectivity index (χ3n) is 5.05. The fourth-order valence-electron chi connectivity index (χ4n) is 3.67. The molecule has 0 radical (unpaired) electrons. The third kappa shape index (κ3) is 4.69. The molecule has 2 aromatic heterocycles. The van der Waals surface area contributed by atoms with Gasteiger partial charge < -0.3 is 16.0 Å². The first-order chi connectivity index (χ1) is 14.7. The number of anilines is 3. The van der Waals surface area contributed by atoms with Gasteiger partial charge in [0.25, 0.3) is 0 Å². The Balaban J connectivity index is 1.78. The van der Waals surface area contributed by atoms with Gasteiger partial charge in [0.2, 0.25) is 11.9 Å². The van der Waals surface area contributed by atoms with Gasteiger partial charge in [-0.3, -0.25) is 4.57 Å². The van der Waals surface area contributed by atoms with E-state index in [0.29, 0.717) is 23.1 Å². The molecule has 31 heavy (non-hydrogen) atoms. The van der Waals surface area contributed by atoms with Crippen LogP contribution in [0.15, 0.2) is 24.4 Å². The summed E-state index contributed by atoms with van der Waals surface area (Å²) in [6, 6.07) is 3.98. The zero-order valence-corrected chi connectivity index (χ0v) is 17.8. The molecular weight excluding hydrogens is 431 g/mol. The smallest absolute Gasteiger partial charge is 0.352 e. The minimum absolute atomic E-state index is 0.102. The standard InChI is InChI=1S/C20H23ClF3N7/c1-11(2)27-18-26-10-16-17(30-18)31(13-5-7-25-8-6-13)19(29-16)28-12-3-4-15(21)14(9-12)20(22,23)24/h3-4,9-11,13,25H,5-8H2,1-2H3,(H,28,29)(H,26,27,30). The van der Waals surface area contributed by atoms with Crippen molar-refractivity contribution in [3.8, 4) is 0 Å². The van der Waals surface area contributed by atoms with E-state index in [1.807, 2.05) is 18.4 Å². The van der Waals surface area contributed by atoms with E-state index in [-0.39, 0.29) is 22.8 Å². The fraction of sp³-hybridized carbons (Fsp3) is 0.450. The van der Waals surface area contributed by atoms with E-state index in [2.05, 4.69) is 30.9 Å². The summed E-state index contributed by atoms with van der Waals surface area (Å²) in [4.78, 5) is 13.5. The summed E-state index contributed by atoms with van der Waals surface area (Å²) in [5, 5.41) is 9.20. The van der Waals surface area contributed by atoms with Crippen LogP contribution >= 0.6 is 11.6 Å². The molecule has 4 rings (SSSR count). The van der Waals surface area contributed by atoms with Gasteiger partial charge in [-0.1, -0.05) is 11.6 Å². The number of benzene rings is 1. The molecule has 1 fully saturated rings. The van der Waals surface area contributed by atoms with Gasteiger partial charge in [-0.15, -0.1) is 0 Å². The molecule has 3 aromatic rings. The normalized spacial score (nSPS) is 15.6. The monoisotopic (exact) mass is 453 g/mol. The molecule has 3 N–H and O–H groups in total. The molecule has 0 amide bonds. The number of hydrogen-bond acceptors (Lipinski definition) is 6. The molecule has 0 aliphatic carbocycles. The summed E-state index contributed by atoms with van der Waals surface area (Å²) in [5.41, 5.74) is 0.556. The van der Waals surface area contributed by atoms with E-state index in [4.69, 9.17) is 11.6 Å². The molecule has 7 nitrogen and oxygen atoms in total. The number of halogens is 4. The van der Waals surface area contributed by atoms with E-state index < -0.39 is 11.7 Å². The number of piperidine rings is 1. The average Bonchev–Trinajstić information content (AvgIpc) is 3.06. The van der Waals surface area contributed by atoms with E-state index in [1.165, 1.54) is 12.1 Å². The minimum atomic E-state index is -4.55. The van der Waals surface area contributed by atoms with Crippen LogP contribution in [0.25, 0.3) is 11.2 Å². The molecule has 1 aliphatic heterocycles. The van der Waals surface area contributed by atoms with Crippen LogP contribution < -0.4 is 16.0 Å². The lowest BCUT2D eigenvalue weighted by atomic mass is 10.1. The molecule has 0 spiro atoms. The summed E-state index contributed by atoms with van der Waals surface area (Å²) in [6.07, 6.45) is -1.22. The highest BCUT2D eigenvalue weighted by atomic mass is 35.5. The van der Waals surface area contributed by atoms with E-state index in [9.17, 15) is 13.2 Å². The maximum Gasteiger partial charge on any atom is 0.417 e. The van der Waals surface area contributed by atoms with Crippen LogP contribution in [-0.4, -0.2) is 38.7 Å². The maximum atomic E-state index is 13.3. The van der Waals surface area contributed by atoms with Crippen LogP contribution in [0.4, 0.5) is 30.8 Å². The van der Waals surface area contributed by atoms with Gasteiger partial charge in [0.1, 0.15) is 5.52 Å². The van der Waals surface area contributed by atoms with Crippen molar-refractivity contribution in [3.05, 3.63) is 35.0 Å². The van der Waals surface area contributed by atoms with Crippen molar-refractivity contribution >= 4 is 40.3 Å². The van der Waals surface area contributed by atoms with Crippen molar-refractivity contribution in [2.75, 3.05) is 23.7 Å². The van der Waals surface area contributed by atoms with Crippen LogP contribution in [0.3, 0.4) is 0 Å². The molecule has 3 heterocycles. The van der Waals surface area contributed by atoms with Crippen molar-refractivity contribution < 1.29 is 13.2 Å². The van der Waals surface area contributed by atoms with Gasteiger partial charge in [0, 0.05) is 17.8 Å². The highest BCUT2D eigenvalue weighted by Crippen LogP contribution is 2.37. The van der Waals surface area contributed by atoms with Crippen LogP contribution in [-0.2, 0) is 6.18 Å². The molecule has 166 valence electrons. The Morgan fingerprint density at radius 3 is 2.61 bits per heavy atom. The van der Waals surface area contributed by atoms with Crippen molar-refractivity contribution in [2.45, 2.75) is 44.9 Å². The second-order valence-electron chi connectivity index (χ2n) is 7.81. The Labute approximate surface area is 182 Å². The lowest BCUT2D eigenvalue weighted by Gasteiger charge is -2.26. The summed E-state index contributed by atoms with van der Waals surface area (Å²) in [6.45, 7) is 5.66. The van der Waals surface area contributed by atoms with Crippen molar-refractivity contribution in [3.63, 3.8) is 0 Å². The molecule has 11 heteroatoms. The van der Waals surface area contributed by atoms with Crippen molar-refractivity contribution in [2.24, 2.45) is 0 Å². The maximum absolute atomic E-state index is 13.3. The number of nitrogens with zero attached hydrogens (tertiary/aromatic N) is 4. The quantitative estimate of drug-likeness (QED) is 0.505. The summed E-state index contributed by atoms with van der Waals surface area (Å²) < 4.78 is 41.8. The first-order valence-electron chi connectivity index (χ1n) is 10.1. The van der Waals surface area contributed by atoms with Crippen LogP contribution in [0, 0.1) is 0 Å². The topological polar surface area (TPSA) is 79.7 Å². The Morgan fingerprint density at radius 2 is 1.94 bits per heavy atom. The van der Waals surface area contributed by atoms with Gasteiger partial charge in [0.05, 0.1) is 16.8 Å². The lowest BCUT2D eigenvalue weighted by molar-refractivity contribution is -0.137. The number of imidazole rings is 1. The second-order valence-corrected chi connectivity index (χ2v) is 8.21. The first-order valence-corrected chi connectivity index (χ1v) is 10.5. The molecular formula is C20H23ClF3N7. The Bertz CT molecular complexity index is 1070. The van der Waals surface area contributed by atoms with Gasteiger partial charge >= 0.3 is 6.18 Å². The largest absolute Gasteiger partial charge is 0.417 e. The van der Waals surface area contributed by atoms with Crippen molar-refractivity contribution in [1.82, 2.24) is 24.8 Å². The van der Waals surface area contributed by atoms with E-state index in [0.717, 1.165) is 32.0 Å². The number of alkyl halides is 3. The molecule has 0 bridgehead atoms. The molecule has 0 unspecified atom stereocenters. The predicted molar refractivity (Wildman–Crippen MR) is 115 cm³/mol. The van der Waals surface area contributed by atoms with E-state index in [1.54, 1.807) is 6.20 Å². The number of nitrogens with one attached hydrogen (secondary N) is 3. The van der Waals surface area contributed by atoms with Crippen LogP contribution in [0.5, 0.6) is 0 Å². The molecule has 0 atom stereocenters. The summed E-state index contributed by atoms with van der Waals surface area (Å²) >= 11 is 5.76. The lowest BCUT2D eigenvalue weighted by Crippen LogP contribution is -2.30. The fourth-order valence-corrected chi connectivity index (χ4v) is 3.89. The third-order valence-corrected chi connectivity index (χ3v) is 5.38. The molecule has 0 saturated carbocycles. The zero-order valence-electron chi connectivity index (χ0n) is 17.1. The Morgan fingerprint density at radius 1 is 1.19 bits per heavy atom. The van der Waals surface area contributed by atoms with Crippen molar-refractivity contribution in [1.29, 1.82) is 0 Å². The van der Waals surface area contributed by atoms with Crippen LogP contribution in [0.1, 0.15) is 38.3 Å².